The highest BCUT2D eigenvalue weighted by atomic mass is 16.3. The maximum absolute atomic E-state index is 7.48. The normalized spacial score (nSPS) is 12.4. The molecule has 29 heavy (non-hydrogen) atoms. The van der Waals surface area contributed by atoms with Crippen molar-refractivity contribution in [1.29, 1.82) is 0 Å². The molecule has 144 valence electrons. The number of hydrogen-bond donors (Lipinski definition) is 0. The molecule has 0 atom stereocenters. The number of nitrogens with zero attached hydrogens (tertiary/aromatic N) is 3. The fraction of sp³-hybridized carbons (Fsp3) is 0.280. The number of rotatable bonds is 2. The zero-order valence-corrected chi connectivity index (χ0v) is 17.5. The molecule has 0 aliphatic rings. The third kappa shape index (κ3) is 2.54. The number of fused-ring (bicyclic) bond motifs is 3. The Kier molecular flexibility index (Phi) is 3.58. The van der Waals surface area contributed by atoms with Crippen molar-refractivity contribution in [3.63, 3.8) is 0 Å². The predicted octanol–water partition coefficient (Wildman–Crippen LogP) is 5.60. The van der Waals surface area contributed by atoms with E-state index in [0.29, 0.717) is 6.42 Å². The van der Waals surface area contributed by atoms with Gasteiger partial charge < -0.3 is 13.8 Å². The molecule has 2 aromatic carbocycles. The van der Waals surface area contributed by atoms with Crippen LogP contribution in [0, 0.1) is 13.5 Å². The van der Waals surface area contributed by atoms with Crippen LogP contribution in [0.1, 0.15) is 25.0 Å². The monoisotopic (exact) mass is 382 g/mol. The van der Waals surface area contributed by atoms with Crippen LogP contribution in [-0.2, 0) is 20.5 Å². The van der Waals surface area contributed by atoms with Gasteiger partial charge in [0.15, 0.2) is 6.20 Å². The Hall–Kier alpha value is -3.32. The third-order valence-corrected chi connectivity index (χ3v) is 6.02. The number of pyridine rings is 1. The van der Waals surface area contributed by atoms with Crippen LogP contribution >= 0.6 is 0 Å². The first kappa shape index (κ1) is 17.8. The second-order valence-corrected chi connectivity index (χ2v) is 8.78. The molecule has 0 fully saturated rings. The van der Waals surface area contributed by atoms with Gasteiger partial charge in [-0.05, 0) is 36.1 Å². The Balaban J connectivity index is 1.95. The van der Waals surface area contributed by atoms with Crippen LogP contribution in [0.2, 0.25) is 0 Å². The molecule has 0 radical (unpaired) electrons. The lowest BCUT2D eigenvalue weighted by Gasteiger charge is -2.17. The molecular weight excluding hydrogens is 358 g/mol. The van der Waals surface area contributed by atoms with Crippen molar-refractivity contribution in [2.75, 3.05) is 0 Å². The minimum atomic E-state index is -0.429. The molecule has 0 aliphatic heterocycles. The highest BCUT2D eigenvalue weighted by Gasteiger charge is 2.25. The van der Waals surface area contributed by atoms with E-state index in [1.54, 1.807) is 0 Å². The lowest BCUT2D eigenvalue weighted by Crippen LogP contribution is -2.25. The summed E-state index contributed by atoms with van der Waals surface area (Å²) in [5.74, 6) is 0. The predicted molar refractivity (Wildman–Crippen MR) is 118 cm³/mol. The second kappa shape index (κ2) is 5.84. The first-order valence-electron chi connectivity index (χ1n) is 9.90. The summed E-state index contributed by atoms with van der Waals surface area (Å²) in [5.41, 5.74) is 6.15. The smallest absolute Gasteiger partial charge is 0.231 e. The number of aromatic nitrogens is 2. The van der Waals surface area contributed by atoms with Crippen molar-refractivity contribution < 1.29 is 8.98 Å². The molecule has 0 spiro atoms. The lowest BCUT2D eigenvalue weighted by molar-refractivity contribution is -0.642. The van der Waals surface area contributed by atoms with Gasteiger partial charge in [0.2, 0.25) is 11.1 Å². The molecule has 0 bridgehead atoms. The van der Waals surface area contributed by atoms with E-state index in [1.165, 1.54) is 22.0 Å². The fourth-order valence-corrected chi connectivity index (χ4v) is 4.70. The summed E-state index contributed by atoms with van der Waals surface area (Å²) in [6.07, 6.45) is 4.92. The van der Waals surface area contributed by atoms with E-state index in [1.807, 2.05) is 13.8 Å². The van der Waals surface area contributed by atoms with E-state index < -0.39 is 5.54 Å². The Bertz CT molecular complexity index is 1490. The van der Waals surface area contributed by atoms with Crippen molar-refractivity contribution in [3.8, 4) is 0 Å². The van der Waals surface area contributed by atoms with Gasteiger partial charge in [-0.15, -0.1) is 0 Å². The van der Waals surface area contributed by atoms with Crippen molar-refractivity contribution in [2.45, 2.75) is 32.7 Å². The highest BCUT2D eigenvalue weighted by Crippen LogP contribution is 2.38. The molecular formula is C25H24N3O+. The van der Waals surface area contributed by atoms with Gasteiger partial charge in [0.05, 0.1) is 22.7 Å². The summed E-state index contributed by atoms with van der Waals surface area (Å²) in [6.45, 7) is 13.6. The number of benzene rings is 2. The summed E-state index contributed by atoms with van der Waals surface area (Å²) in [5, 5.41) is 4.65. The Morgan fingerprint density at radius 3 is 2.62 bits per heavy atom. The maximum atomic E-state index is 7.48. The van der Waals surface area contributed by atoms with Gasteiger partial charge >= 0.3 is 0 Å². The molecule has 5 aromatic rings. The average molecular weight is 382 g/mol. The molecule has 0 aliphatic carbocycles. The second-order valence-electron chi connectivity index (χ2n) is 8.78. The summed E-state index contributed by atoms with van der Waals surface area (Å²) in [6, 6.07) is 10.7. The van der Waals surface area contributed by atoms with Crippen LogP contribution in [0.3, 0.4) is 0 Å². The third-order valence-electron chi connectivity index (χ3n) is 6.02. The zero-order valence-electron chi connectivity index (χ0n) is 17.5. The van der Waals surface area contributed by atoms with Crippen LogP contribution in [0.4, 0.5) is 0 Å². The number of aryl methyl sites for hydroxylation is 3. The van der Waals surface area contributed by atoms with Crippen molar-refractivity contribution >= 4 is 43.7 Å². The van der Waals surface area contributed by atoms with Crippen LogP contribution in [0.25, 0.3) is 48.6 Å². The van der Waals surface area contributed by atoms with E-state index in [9.17, 15) is 0 Å². The van der Waals surface area contributed by atoms with Gasteiger partial charge in [-0.3, -0.25) is 0 Å². The van der Waals surface area contributed by atoms with E-state index in [4.69, 9.17) is 11.0 Å². The number of hydrogen-bond acceptors (Lipinski definition) is 1. The summed E-state index contributed by atoms with van der Waals surface area (Å²) >= 11 is 0. The maximum Gasteiger partial charge on any atom is 0.231 e. The van der Waals surface area contributed by atoms with Crippen molar-refractivity contribution in [3.05, 3.63) is 65.3 Å². The highest BCUT2D eigenvalue weighted by molar-refractivity contribution is 6.18. The molecule has 0 unspecified atom stereocenters. The molecule has 3 aromatic heterocycles. The molecule has 0 saturated carbocycles. The summed E-state index contributed by atoms with van der Waals surface area (Å²) < 4.78 is 10.9. The Labute approximate surface area is 169 Å². The Morgan fingerprint density at radius 2 is 1.86 bits per heavy atom. The van der Waals surface area contributed by atoms with E-state index >= 15 is 0 Å². The Morgan fingerprint density at radius 1 is 1.10 bits per heavy atom. The van der Waals surface area contributed by atoms with Crippen LogP contribution < -0.4 is 4.57 Å². The van der Waals surface area contributed by atoms with Gasteiger partial charge in [0, 0.05) is 44.1 Å². The van der Waals surface area contributed by atoms with E-state index in [2.05, 4.69) is 77.7 Å². The molecule has 3 heterocycles. The fourth-order valence-electron chi connectivity index (χ4n) is 4.70. The van der Waals surface area contributed by atoms with Crippen molar-refractivity contribution in [2.24, 2.45) is 14.1 Å². The molecule has 0 saturated heterocycles. The molecule has 5 rings (SSSR count). The standard InChI is InChI=1S/C25H24N3O/c1-15-21-20(13-18-8-10-27(5)23(15)18)29-19-12-16(14-25(2,3)26-4)11-17-7-9-28(6)24(21)22(17)19/h7-13H,14H2,1-3,5-6H3/q+1. The topological polar surface area (TPSA) is 26.3 Å². The molecule has 0 amide bonds. The van der Waals surface area contributed by atoms with Gasteiger partial charge in [-0.2, -0.15) is 0 Å². The lowest BCUT2D eigenvalue weighted by atomic mass is 9.93. The van der Waals surface area contributed by atoms with Gasteiger partial charge in [0.1, 0.15) is 18.2 Å². The van der Waals surface area contributed by atoms with Crippen molar-refractivity contribution in [1.82, 2.24) is 4.57 Å². The van der Waals surface area contributed by atoms with Gasteiger partial charge in [-0.25, -0.2) is 11.1 Å². The molecule has 4 heteroatoms. The summed E-state index contributed by atoms with van der Waals surface area (Å²) in [7, 11) is 4.18. The van der Waals surface area contributed by atoms with Crippen LogP contribution in [0.5, 0.6) is 0 Å². The minimum absolute atomic E-state index is 0.429. The SMILES string of the molecule is [C-]#[N+]C(C)(C)Cc1cc2ccn(C)c3c4c(C)c5c(cc[n+]5C)cc4oc(c1)c23. The largest absolute Gasteiger partial charge is 0.456 e. The zero-order chi connectivity index (χ0) is 20.5. The van der Waals surface area contributed by atoms with E-state index in [0.717, 1.165) is 32.9 Å². The first-order chi connectivity index (χ1) is 13.8. The minimum Gasteiger partial charge on any atom is -0.456 e. The van der Waals surface area contributed by atoms with Gasteiger partial charge in [-0.1, -0.05) is 6.07 Å². The van der Waals surface area contributed by atoms with Gasteiger partial charge in [0.25, 0.3) is 0 Å². The summed E-state index contributed by atoms with van der Waals surface area (Å²) in [4.78, 5) is 3.78. The quantitative estimate of drug-likeness (QED) is 0.169. The molecule has 4 nitrogen and oxygen atoms in total. The van der Waals surface area contributed by atoms with E-state index in [-0.39, 0.29) is 0 Å². The van der Waals surface area contributed by atoms with Crippen LogP contribution in [-0.4, -0.2) is 10.1 Å². The average Bonchev–Trinajstić information content (AvgIpc) is 3.04. The van der Waals surface area contributed by atoms with Crippen LogP contribution in [0.15, 0.2) is 47.1 Å². The molecule has 0 N–H and O–H groups in total. The first-order valence-corrected chi connectivity index (χ1v) is 9.90.